The number of H-pyrrole nitrogens is 1. The molecule has 2 aromatic rings. The highest BCUT2D eigenvalue weighted by Gasteiger charge is 2.48. The molecule has 186 valence electrons. The van der Waals surface area contributed by atoms with Crippen molar-refractivity contribution in [3.63, 3.8) is 0 Å². The van der Waals surface area contributed by atoms with Crippen LogP contribution in [0.4, 0.5) is 0 Å². The number of aromatic amines is 1. The molecule has 3 unspecified atom stereocenters. The second-order valence-corrected chi connectivity index (χ2v) is 11.0. The molecule has 6 atom stereocenters. The first kappa shape index (κ1) is 26.2. The van der Waals surface area contributed by atoms with Crippen LogP contribution in [0.2, 0.25) is 0 Å². The Kier molecular flexibility index (Phi) is 7.44. The number of methoxy groups -OCH3 is 1. The van der Waals surface area contributed by atoms with Crippen LogP contribution in [0.25, 0.3) is 11.2 Å². The van der Waals surface area contributed by atoms with Crippen molar-refractivity contribution in [2.45, 2.75) is 31.5 Å². The predicted molar refractivity (Wildman–Crippen MR) is 103 cm³/mol. The van der Waals surface area contributed by atoms with Crippen LogP contribution in [0, 0.1) is 6.92 Å². The van der Waals surface area contributed by atoms with E-state index in [2.05, 4.69) is 28.1 Å². The Morgan fingerprint density at radius 3 is 2.45 bits per heavy atom. The number of phosphoric acid groups is 3. The Hall–Kier alpha value is -1.36. The lowest BCUT2D eigenvalue weighted by atomic mass is 10.1. The number of rotatable bonds is 9. The maximum absolute atomic E-state index is 12.0. The van der Waals surface area contributed by atoms with E-state index in [4.69, 9.17) is 19.3 Å². The summed E-state index contributed by atoms with van der Waals surface area (Å²) in [6.45, 7) is 0.670. The lowest BCUT2D eigenvalue weighted by Crippen LogP contribution is -2.35. The van der Waals surface area contributed by atoms with Gasteiger partial charge in [-0.15, -0.1) is 0 Å². The van der Waals surface area contributed by atoms with Crippen molar-refractivity contribution < 1.29 is 61.0 Å². The van der Waals surface area contributed by atoms with Gasteiger partial charge < -0.3 is 39.1 Å². The van der Waals surface area contributed by atoms with Gasteiger partial charge in [-0.1, -0.05) is 0 Å². The summed E-state index contributed by atoms with van der Waals surface area (Å²) in [5, 5.41) is 10.6. The molecule has 1 aliphatic heterocycles. The number of aliphatic hydroxyl groups is 1. The molecular weight excluding hydrogens is 517 g/mol. The zero-order chi connectivity index (χ0) is 24.8. The van der Waals surface area contributed by atoms with E-state index in [0.717, 1.165) is 0 Å². The third-order valence-electron chi connectivity index (χ3n) is 4.22. The maximum Gasteiger partial charge on any atom is 0.490 e. The predicted octanol–water partition coefficient (Wildman–Crippen LogP) is -0.955. The van der Waals surface area contributed by atoms with Crippen LogP contribution in [0.15, 0.2) is 11.1 Å². The van der Waals surface area contributed by atoms with Gasteiger partial charge in [0.05, 0.1) is 12.9 Å². The summed E-state index contributed by atoms with van der Waals surface area (Å²) >= 11 is 0. The number of hydrogen-bond acceptors (Lipinski definition) is 12. The molecule has 1 saturated heterocycles. The van der Waals surface area contributed by atoms with E-state index < -0.39 is 60.2 Å². The lowest BCUT2D eigenvalue weighted by molar-refractivity contribution is -0.0526. The van der Waals surface area contributed by atoms with Crippen molar-refractivity contribution in [2.24, 2.45) is 0 Å². The standard InChI is InChI=1S/C12H19N4O14P3/c1-5-14-10-7(11(18)15-5)13-4-16(10)12-8(17)9(26-2)6(28-12)3-27-32(22,23)30-33(24,25)29-31(19,20)21/h4,6,8-9,12,17H,3H2,1-2H3,(H,22,23)(H,24,25)(H,14,15,18)(H2,19,20,21)/t6-,8+,9?,12-/m1/s1. The quantitative estimate of drug-likeness (QED) is 0.211. The first-order valence-electron chi connectivity index (χ1n) is 8.70. The van der Waals surface area contributed by atoms with Crippen molar-refractivity contribution in [3.05, 3.63) is 22.5 Å². The highest BCUT2D eigenvalue weighted by molar-refractivity contribution is 7.66. The lowest BCUT2D eigenvalue weighted by Gasteiger charge is -2.20. The number of nitrogens with zero attached hydrogens (tertiary/aromatic N) is 3. The highest BCUT2D eigenvalue weighted by Crippen LogP contribution is 2.66. The van der Waals surface area contributed by atoms with E-state index in [9.17, 15) is 33.4 Å². The molecular formula is C12H19N4O14P3. The molecule has 6 N–H and O–H groups in total. The van der Waals surface area contributed by atoms with E-state index in [1.807, 2.05) is 0 Å². The average Bonchev–Trinajstić information content (AvgIpc) is 3.17. The molecule has 0 saturated carbocycles. The first-order valence-corrected chi connectivity index (χ1v) is 13.2. The monoisotopic (exact) mass is 536 g/mol. The zero-order valence-electron chi connectivity index (χ0n) is 16.7. The van der Waals surface area contributed by atoms with Crippen LogP contribution in [-0.4, -0.2) is 76.2 Å². The minimum Gasteiger partial charge on any atom is -0.386 e. The topological polar surface area (TPSA) is 262 Å². The van der Waals surface area contributed by atoms with Gasteiger partial charge in [-0.2, -0.15) is 8.62 Å². The second-order valence-electron chi connectivity index (χ2n) is 6.62. The van der Waals surface area contributed by atoms with E-state index in [0.29, 0.717) is 0 Å². The molecule has 1 fully saturated rings. The van der Waals surface area contributed by atoms with Crippen LogP contribution >= 0.6 is 23.5 Å². The average molecular weight is 536 g/mol. The van der Waals surface area contributed by atoms with Gasteiger partial charge in [0, 0.05) is 7.11 Å². The Balaban J connectivity index is 1.76. The van der Waals surface area contributed by atoms with Crippen LogP contribution in [0.5, 0.6) is 0 Å². The largest absolute Gasteiger partial charge is 0.490 e. The molecule has 0 radical (unpaired) electrons. The summed E-state index contributed by atoms with van der Waals surface area (Å²) in [6.07, 6.45) is -3.90. The van der Waals surface area contributed by atoms with Crippen molar-refractivity contribution in [1.82, 2.24) is 19.5 Å². The molecule has 0 bridgehead atoms. The van der Waals surface area contributed by atoms with Crippen LogP contribution in [0.3, 0.4) is 0 Å². The molecule has 1 aliphatic rings. The number of nitrogens with one attached hydrogen (secondary N) is 1. The number of fused-ring (bicyclic) bond motifs is 1. The summed E-state index contributed by atoms with van der Waals surface area (Å²) < 4.78 is 57.8. The molecule has 33 heavy (non-hydrogen) atoms. The van der Waals surface area contributed by atoms with Gasteiger partial charge >= 0.3 is 23.5 Å². The van der Waals surface area contributed by atoms with E-state index in [1.54, 1.807) is 0 Å². The van der Waals surface area contributed by atoms with Gasteiger partial charge in [-0.05, 0) is 6.92 Å². The summed E-state index contributed by atoms with van der Waals surface area (Å²) in [6, 6.07) is 0. The molecule has 0 aliphatic carbocycles. The van der Waals surface area contributed by atoms with Crippen LogP contribution < -0.4 is 5.56 Å². The highest BCUT2D eigenvalue weighted by atomic mass is 31.3. The summed E-state index contributed by atoms with van der Waals surface area (Å²) in [5.74, 6) is 0.259. The van der Waals surface area contributed by atoms with Gasteiger partial charge in [0.25, 0.3) is 5.56 Å². The number of hydrogen-bond donors (Lipinski definition) is 6. The molecule has 0 amide bonds. The molecule has 2 aromatic heterocycles. The Morgan fingerprint density at radius 1 is 1.18 bits per heavy atom. The normalized spacial score (nSPS) is 27.5. The molecule has 0 aromatic carbocycles. The number of phosphoric ester groups is 1. The van der Waals surface area contributed by atoms with Crippen LogP contribution in [-0.2, 0) is 36.3 Å². The Labute approximate surface area is 183 Å². The smallest absolute Gasteiger partial charge is 0.386 e. The summed E-state index contributed by atoms with van der Waals surface area (Å²) in [4.78, 5) is 58.4. The third kappa shape index (κ3) is 6.21. The third-order valence-corrected chi connectivity index (χ3v) is 8.03. The van der Waals surface area contributed by atoms with Crippen molar-refractivity contribution >= 4 is 34.6 Å². The van der Waals surface area contributed by atoms with E-state index >= 15 is 0 Å². The number of aryl methyl sites for hydroxylation is 1. The number of aromatic nitrogens is 4. The van der Waals surface area contributed by atoms with E-state index in [1.165, 1.54) is 24.9 Å². The summed E-state index contributed by atoms with van der Waals surface area (Å²) in [7, 11) is -15.5. The maximum atomic E-state index is 12.0. The fourth-order valence-corrected chi connectivity index (χ4v) is 6.10. The Morgan fingerprint density at radius 2 is 1.85 bits per heavy atom. The molecule has 18 nitrogen and oxygen atoms in total. The van der Waals surface area contributed by atoms with Gasteiger partial charge in [-0.25, -0.2) is 23.7 Å². The number of aliphatic hydroxyl groups excluding tert-OH is 1. The van der Waals surface area contributed by atoms with Gasteiger partial charge in [-0.3, -0.25) is 13.9 Å². The fraction of sp³-hybridized carbons (Fsp3) is 0.583. The second kappa shape index (κ2) is 9.36. The zero-order valence-corrected chi connectivity index (χ0v) is 19.4. The van der Waals surface area contributed by atoms with Gasteiger partial charge in [0.1, 0.15) is 24.1 Å². The van der Waals surface area contributed by atoms with Crippen molar-refractivity contribution in [1.29, 1.82) is 0 Å². The molecule has 21 heteroatoms. The van der Waals surface area contributed by atoms with Gasteiger partial charge in [0.2, 0.25) is 0 Å². The SMILES string of the molecule is COC1[C@@H](COP(=O)(O)OP(=O)(O)OP(=O)(O)O)O[C@@H](n2cnc3c(=O)[nH]c(C)nc32)[C@H]1O. The number of imidazole rings is 1. The minimum absolute atomic E-state index is 0.0397. The molecule has 3 rings (SSSR count). The first-order chi connectivity index (χ1) is 15.1. The molecule has 3 heterocycles. The summed E-state index contributed by atoms with van der Waals surface area (Å²) in [5.41, 5.74) is -0.498. The minimum atomic E-state index is -5.70. The Bertz CT molecular complexity index is 1220. The molecule has 0 spiro atoms. The van der Waals surface area contributed by atoms with Crippen molar-refractivity contribution in [2.75, 3.05) is 13.7 Å². The fourth-order valence-electron chi connectivity index (χ4n) is 3.07. The van der Waals surface area contributed by atoms with Crippen LogP contribution in [0.1, 0.15) is 12.1 Å². The van der Waals surface area contributed by atoms with Crippen molar-refractivity contribution in [3.8, 4) is 0 Å². The number of ether oxygens (including phenoxy) is 2. The van der Waals surface area contributed by atoms with E-state index in [-0.39, 0.29) is 17.0 Å². The van der Waals surface area contributed by atoms with Gasteiger partial charge in [0.15, 0.2) is 17.4 Å².